The average molecular weight is 515 g/mol. The van der Waals surface area contributed by atoms with Crippen LogP contribution in [0, 0.1) is 11.6 Å². The predicted molar refractivity (Wildman–Crippen MR) is 123 cm³/mol. The van der Waals surface area contributed by atoms with E-state index >= 15 is 0 Å². The van der Waals surface area contributed by atoms with Crippen molar-refractivity contribution >= 4 is 29.9 Å². The summed E-state index contributed by atoms with van der Waals surface area (Å²) in [6.07, 6.45) is 4.35. The van der Waals surface area contributed by atoms with E-state index in [2.05, 4.69) is 31.6 Å². The third-order valence-corrected chi connectivity index (χ3v) is 4.97. The molecule has 0 bridgehead atoms. The lowest BCUT2D eigenvalue weighted by atomic mass is 10.0. The Labute approximate surface area is 188 Å². The average Bonchev–Trinajstić information content (AvgIpc) is 2.71. The molecule has 5 nitrogen and oxygen atoms in total. The number of guanidine groups is 1. The minimum atomic E-state index is -0.555. The molecule has 1 saturated heterocycles. The summed E-state index contributed by atoms with van der Waals surface area (Å²) < 4.78 is 26.7. The first-order valence-corrected chi connectivity index (χ1v) is 9.67. The van der Waals surface area contributed by atoms with Crippen LogP contribution in [0.1, 0.15) is 24.1 Å². The highest BCUT2D eigenvalue weighted by atomic mass is 127. The number of piperidine rings is 1. The molecule has 2 heterocycles. The van der Waals surface area contributed by atoms with Crippen molar-refractivity contribution in [3.8, 4) is 0 Å². The Morgan fingerprint density at radius 2 is 2.00 bits per heavy atom. The fraction of sp³-hybridized carbons (Fsp3) is 0.429. The van der Waals surface area contributed by atoms with E-state index in [0.29, 0.717) is 30.5 Å². The van der Waals surface area contributed by atoms with Crippen molar-refractivity contribution in [2.45, 2.75) is 31.8 Å². The summed E-state index contributed by atoms with van der Waals surface area (Å²) in [7, 11) is 1.73. The van der Waals surface area contributed by atoms with E-state index in [-0.39, 0.29) is 24.0 Å². The van der Waals surface area contributed by atoms with Crippen LogP contribution < -0.4 is 10.6 Å². The molecule has 0 aliphatic carbocycles. The van der Waals surface area contributed by atoms with E-state index < -0.39 is 11.6 Å². The number of rotatable bonds is 6. The fourth-order valence-electron chi connectivity index (χ4n) is 3.38. The van der Waals surface area contributed by atoms with Gasteiger partial charge < -0.3 is 10.6 Å². The second-order valence-electron chi connectivity index (χ2n) is 7.00. The van der Waals surface area contributed by atoms with E-state index in [1.165, 1.54) is 12.1 Å². The van der Waals surface area contributed by atoms with Gasteiger partial charge in [-0.15, -0.1) is 24.0 Å². The summed E-state index contributed by atoms with van der Waals surface area (Å²) in [6, 6.07) is 10.0. The maximum Gasteiger partial charge on any atom is 0.191 e. The molecule has 0 amide bonds. The first-order valence-electron chi connectivity index (χ1n) is 9.67. The molecule has 29 heavy (non-hydrogen) atoms. The molecule has 0 spiro atoms. The maximum absolute atomic E-state index is 13.7. The molecular formula is C21H28F2IN5. The molecule has 0 unspecified atom stereocenters. The van der Waals surface area contributed by atoms with Crippen LogP contribution in [0.5, 0.6) is 0 Å². The standard InChI is InChI=1S/C21H27F2N5.HI/c1-24-21(26-11-7-16-5-6-17(22)14-20(16)23)27-18-8-12-28(13-9-18)15-19-4-2-3-10-25-19;/h2-6,10,14,18H,7-9,11-13,15H2,1H3,(H2,24,26,27);1H. The van der Waals surface area contributed by atoms with Crippen molar-refractivity contribution < 1.29 is 8.78 Å². The minimum absolute atomic E-state index is 0. The first kappa shape index (κ1) is 23.5. The van der Waals surface area contributed by atoms with Crippen LogP contribution >= 0.6 is 24.0 Å². The molecule has 1 aliphatic rings. The Morgan fingerprint density at radius 1 is 1.21 bits per heavy atom. The van der Waals surface area contributed by atoms with Gasteiger partial charge in [-0.05, 0) is 43.0 Å². The van der Waals surface area contributed by atoms with Gasteiger partial charge in [0.15, 0.2) is 5.96 Å². The van der Waals surface area contributed by atoms with Gasteiger partial charge in [0.25, 0.3) is 0 Å². The number of likely N-dealkylation sites (tertiary alicyclic amines) is 1. The van der Waals surface area contributed by atoms with E-state index in [1.54, 1.807) is 7.05 Å². The van der Waals surface area contributed by atoms with E-state index in [0.717, 1.165) is 44.2 Å². The van der Waals surface area contributed by atoms with Crippen molar-refractivity contribution in [3.63, 3.8) is 0 Å². The number of aromatic nitrogens is 1. The van der Waals surface area contributed by atoms with Crippen LogP contribution in [0.25, 0.3) is 0 Å². The fourth-order valence-corrected chi connectivity index (χ4v) is 3.38. The highest BCUT2D eigenvalue weighted by Crippen LogP contribution is 2.13. The Balaban J connectivity index is 0.00000300. The van der Waals surface area contributed by atoms with Gasteiger partial charge in [0, 0.05) is 51.5 Å². The Hall–Kier alpha value is -1.81. The van der Waals surface area contributed by atoms with Crippen LogP contribution in [-0.4, -0.2) is 48.6 Å². The summed E-state index contributed by atoms with van der Waals surface area (Å²) in [4.78, 5) is 11.1. The number of nitrogens with zero attached hydrogens (tertiary/aromatic N) is 3. The number of aliphatic imine (C=N–C) groups is 1. The molecule has 2 aromatic rings. The van der Waals surface area contributed by atoms with Gasteiger partial charge in [0.1, 0.15) is 11.6 Å². The zero-order valence-corrected chi connectivity index (χ0v) is 18.9. The maximum atomic E-state index is 13.7. The zero-order valence-electron chi connectivity index (χ0n) is 16.6. The highest BCUT2D eigenvalue weighted by Gasteiger charge is 2.20. The molecule has 1 aliphatic heterocycles. The number of hydrogen-bond donors (Lipinski definition) is 2. The number of nitrogens with one attached hydrogen (secondary N) is 2. The van der Waals surface area contributed by atoms with Gasteiger partial charge in [0.05, 0.1) is 5.69 Å². The van der Waals surface area contributed by atoms with Crippen molar-refractivity contribution in [2.24, 2.45) is 4.99 Å². The molecule has 2 N–H and O–H groups in total. The molecule has 1 aromatic carbocycles. The van der Waals surface area contributed by atoms with Crippen molar-refractivity contribution in [1.29, 1.82) is 0 Å². The Bertz CT molecular complexity index is 780. The SMILES string of the molecule is CN=C(NCCc1ccc(F)cc1F)NC1CCN(Cc2ccccn2)CC1.I. The smallest absolute Gasteiger partial charge is 0.191 e. The summed E-state index contributed by atoms with van der Waals surface area (Å²) in [5, 5.41) is 6.66. The predicted octanol–water partition coefficient (Wildman–Crippen LogP) is 3.35. The molecule has 0 radical (unpaired) electrons. The van der Waals surface area contributed by atoms with Gasteiger partial charge in [-0.3, -0.25) is 14.9 Å². The summed E-state index contributed by atoms with van der Waals surface area (Å²) >= 11 is 0. The number of hydrogen-bond acceptors (Lipinski definition) is 3. The summed E-state index contributed by atoms with van der Waals surface area (Å²) in [5.41, 5.74) is 1.59. The number of halogens is 3. The topological polar surface area (TPSA) is 52.6 Å². The number of pyridine rings is 1. The number of benzene rings is 1. The lowest BCUT2D eigenvalue weighted by Crippen LogP contribution is -2.48. The van der Waals surface area contributed by atoms with Crippen molar-refractivity contribution in [2.75, 3.05) is 26.7 Å². The molecular weight excluding hydrogens is 487 g/mol. The molecule has 1 fully saturated rings. The van der Waals surface area contributed by atoms with Crippen LogP contribution in [0.4, 0.5) is 8.78 Å². The molecule has 0 saturated carbocycles. The van der Waals surface area contributed by atoms with Gasteiger partial charge in [-0.2, -0.15) is 0 Å². The zero-order chi connectivity index (χ0) is 19.8. The van der Waals surface area contributed by atoms with Gasteiger partial charge in [0.2, 0.25) is 0 Å². The van der Waals surface area contributed by atoms with E-state index in [9.17, 15) is 8.78 Å². The second-order valence-corrected chi connectivity index (χ2v) is 7.00. The third-order valence-electron chi connectivity index (χ3n) is 4.97. The molecule has 1 aromatic heterocycles. The molecule has 3 rings (SSSR count). The monoisotopic (exact) mass is 515 g/mol. The highest BCUT2D eigenvalue weighted by molar-refractivity contribution is 14.0. The molecule has 0 atom stereocenters. The molecule has 8 heteroatoms. The van der Waals surface area contributed by atoms with Crippen LogP contribution in [0.15, 0.2) is 47.6 Å². The minimum Gasteiger partial charge on any atom is -0.356 e. The third kappa shape index (κ3) is 7.50. The van der Waals surface area contributed by atoms with Crippen LogP contribution in [0.2, 0.25) is 0 Å². The Kier molecular flexibility index (Phi) is 9.72. The van der Waals surface area contributed by atoms with Crippen molar-refractivity contribution in [3.05, 3.63) is 65.5 Å². The lowest BCUT2D eigenvalue weighted by molar-refractivity contribution is 0.196. The van der Waals surface area contributed by atoms with Crippen LogP contribution in [0.3, 0.4) is 0 Å². The summed E-state index contributed by atoms with van der Waals surface area (Å²) in [6.45, 7) is 3.42. The lowest BCUT2D eigenvalue weighted by Gasteiger charge is -2.32. The quantitative estimate of drug-likeness (QED) is 0.352. The largest absolute Gasteiger partial charge is 0.356 e. The van der Waals surface area contributed by atoms with Gasteiger partial charge in [-0.1, -0.05) is 12.1 Å². The van der Waals surface area contributed by atoms with Crippen molar-refractivity contribution in [1.82, 2.24) is 20.5 Å². The molecule has 158 valence electrons. The first-order chi connectivity index (χ1) is 13.6. The van der Waals surface area contributed by atoms with E-state index in [1.807, 2.05) is 18.3 Å². The normalized spacial score (nSPS) is 15.6. The van der Waals surface area contributed by atoms with E-state index in [4.69, 9.17) is 0 Å². The summed E-state index contributed by atoms with van der Waals surface area (Å²) in [5.74, 6) is -0.350. The second kappa shape index (κ2) is 12.0. The van der Waals surface area contributed by atoms with Gasteiger partial charge in [-0.25, -0.2) is 8.78 Å². The van der Waals surface area contributed by atoms with Gasteiger partial charge >= 0.3 is 0 Å². The Morgan fingerprint density at radius 3 is 2.66 bits per heavy atom. The van der Waals surface area contributed by atoms with Crippen LogP contribution in [-0.2, 0) is 13.0 Å².